The summed E-state index contributed by atoms with van der Waals surface area (Å²) in [5.41, 5.74) is 0. The van der Waals surface area contributed by atoms with Crippen molar-refractivity contribution in [1.29, 1.82) is 0 Å². The molecular formula is C14H10. The third kappa shape index (κ3) is 1.01. The van der Waals surface area contributed by atoms with E-state index in [0.717, 1.165) is 21.5 Å². The molecule has 0 aromatic heterocycles. The van der Waals surface area contributed by atoms with Gasteiger partial charge in [0.2, 0.25) is 0 Å². The van der Waals surface area contributed by atoms with Gasteiger partial charge in [0.25, 0.3) is 0 Å². The first-order valence-electron chi connectivity index (χ1n) is 5.65. The van der Waals surface area contributed by atoms with E-state index in [2.05, 4.69) is 0 Å². The molecular weight excluding hydrogens is 168 g/mol. The third-order valence-corrected chi connectivity index (χ3v) is 2.48. The van der Waals surface area contributed by atoms with Gasteiger partial charge in [-0.1, -0.05) is 60.6 Å². The lowest BCUT2D eigenvalue weighted by Gasteiger charge is -2.02. The van der Waals surface area contributed by atoms with Gasteiger partial charge in [-0.05, 0) is 21.5 Å². The predicted octanol–water partition coefficient (Wildman–Crippen LogP) is 3.99. The van der Waals surface area contributed by atoms with Gasteiger partial charge in [-0.3, -0.25) is 0 Å². The van der Waals surface area contributed by atoms with E-state index < -0.39 is 0 Å². The Kier molecular flexibility index (Phi) is 1.18. The van der Waals surface area contributed by atoms with Crippen molar-refractivity contribution in [2.45, 2.75) is 0 Å². The largest absolute Gasteiger partial charge is 0.0629 e. The Morgan fingerprint density at radius 1 is 0.643 bits per heavy atom. The molecule has 0 fully saturated rings. The highest BCUT2D eigenvalue weighted by Crippen LogP contribution is 2.24. The van der Waals surface area contributed by atoms with Crippen LogP contribution in [0, 0.1) is 0 Å². The van der Waals surface area contributed by atoms with E-state index in [1.807, 2.05) is 48.5 Å². The molecule has 0 aliphatic carbocycles. The molecule has 0 saturated carbocycles. The fourth-order valence-corrected chi connectivity index (χ4v) is 1.79. The van der Waals surface area contributed by atoms with Gasteiger partial charge in [0, 0.05) is 0 Å². The van der Waals surface area contributed by atoms with Crippen LogP contribution in [0.5, 0.6) is 0 Å². The molecule has 0 heterocycles. The summed E-state index contributed by atoms with van der Waals surface area (Å²) in [6.45, 7) is 0. The standard InChI is InChI=1S/C14H10/c1-3-7-13-11(5-1)9-10-12-6-2-4-8-14(12)13/h1-10H/i9D,10D. The van der Waals surface area contributed by atoms with Gasteiger partial charge in [-0.2, -0.15) is 0 Å². The lowest BCUT2D eigenvalue weighted by atomic mass is 10.0. The summed E-state index contributed by atoms with van der Waals surface area (Å²) in [7, 11) is 0. The van der Waals surface area contributed by atoms with Crippen molar-refractivity contribution >= 4 is 21.5 Å². The van der Waals surface area contributed by atoms with Gasteiger partial charge in [0.15, 0.2) is 0 Å². The Balaban J connectivity index is 2.69. The second-order valence-corrected chi connectivity index (χ2v) is 3.34. The summed E-state index contributed by atoms with van der Waals surface area (Å²) in [4.78, 5) is 0. The molecule has 0 nitrogen and oxygen atoms in total. The molecule has 0 radical (unpaired) electrons. The van der Waals surface area contributed by atoms with Gasteiger partial charge in [-0.25, -0.2) is 0 Å². The summed E-state index contributed by atoms with van der Waals surface area (Å²) in [6, 6.07) is 16.2. The molecule has 66 valence electrons. The van der Waals surface area contributed by atoms with Crippen LogP contribution in [0.15, 0.2) is 60.6 Å². The van der Waals surface area contributed by atoms with Crippen LogP contribution < -0.4 is 0 Å². The van der Waals surface area contributed by atoms with Crippen molar-refractivity contribution in [3.8, 4) is 0 Å². The van der Waals surface area contributed by atoms with E-state index in [4.69, 9.17) is 2.74 Å². The SMILES string of the molecule is [2H]c1c([2H])c2ccccc2c2ccccc12. The van der Waals surface area contributed by atoms with Crippen LogP contribution in [0.2, 0.25) is 0 Å². The predicted molar refractivity (Wildman–Crippen MR) is 61.5 cm³/mol. The second-order valence-electron chi connectivity index (χ2n) is 3.34. The fourth-order valence-electron chi connectivity index (χ4n) is 1.79. The Morgan fingerprint density at radius 2 is 1.07 bits per heavy atom. The maximum atomic E-state index is 7.98. The first-order valence-corrected chi connectivity index (χ1v) is 4.65. The monoisotopic (exact) mass is 180 g/mol. The van der Waals surface area contributed by atoms with Gasteiger partial charge >= 0.3 is 0 Å². The van der Waals surface area contributed by atoms with Crippen molar-refractivity contribution < 1.29 is 2.74 Å². The first kappa shape index (κ1) is 5.82. The zero-order chi connectivity index (χ0) is 11.1. The summed E-state index contributed by atoms with van der Waals surface area (Å²) < 4.78 is 16.0. The third-order valence-electron chi connectivity index (χ3n) is 2.48. The zero-order valence-corrected chi connectivity index (χ0v) is 7.62. The molecule has 0 aliphatic heterocycles. The molecule has 0 atom stereocenters. The van der Waals surface area contributed by atoms with E-state index in [0.29, 0.717) is 12.1 Å². The van der Waals surface area contributed by atoms with E-state index in [1.54, 1.807) is 0 Å². The molecule has 0 amide bonds. The highest BCUT2D eigenvalue weighted by molar-refractivity contribution is 6.07. The molecule has 0 unspecified atom stereocenters. The van der Waals surface area contributed by atoms with Crippen LogP contribution in [-0.4, -0.2) is 0 Å². The van der Waals surface area contributed by atoms with Crippen molar-refractivity contribution in [2.24, 2.45) is 0 Å². The first-order chi connectivity index (χ1) is 7.79. The summed E-state index contributed by atoms with van der Waals surface area (Å²) in [6.07, 6.45) is 0. The second kappa shape index (κ2) is 2.85. The Labute approximate surface area is 85.6 Å². The van der Waals surface area contributed by atoms with Crippen LogP contribution in [0.4, 0.5) is 0 Å². The molecule has 3 aromatic carbocycles. The quantitative estimate of drug-likeness (QED) is 0.459. The smallest absolute Gasteiger partial charge is 0.0616 e. The van der Waals surface area contributed by atoms with Crippen LogP contribution in [0.25, 0.3) is 21.5 Å². The molecule has 3 rings (SSSR count). The van der Waals surface area contributed by atoms with Crippen molar-refractivity contribution in [1.82, 2.24) is 0 Å². The average Bonchev–Trinajstić information content (AvgIpc) is 2.36. The molecule has 3 aromatic rings. The Morgan fingerprint density at radius 3 is 1.57 bits per heavy atom. The van der Waals surface area contributed by atoms with Crippen molar-refractivity contribution in [3.05, 3.63) is 60.6 Å². The van der Waals surface area contributed by atoms with E-state index >= 15 is 0 Å². The van der Waals surface area contributed by atoms with Gasteiger partial charge < -0.3 is 0 Å². The fraction of sp³-hybridized carbons (Fsp3) is 0. The molecule has 0 aliphatic rings. The van der Waals surface area contributed by atoms with Gasteiger partial charge in [0.05, 0.1) is 2.74 Å². The molecule has 0 spiro atoms. The van der Waals surface area contributed by atoms with Crippen LogP contribution in [-0.2, 0) is 0 Å². The Hall–Kier alpha value is -1.82. The summed E-state index contributed by atoms with van der Waals surface area (Å²) >= 11 is 0. The highest BCUT2D eigenvalue weighted by Gasteiger charge is 1.97. The van der Waals surface area contributed by atoms with E-state index in [1.165, 1.54) is 0 Å². The highest BCUT2D eigenvalue weighted by atomic mass is 14.0. The minimum atomic E-state index is 0.314. The molecule has 0 heteroatoms. The van der Waals surface area contributed by atoms with Gasteiger partial charge in [-0.15, -0.1) is 0 Å². The molecule has 0 bridgehead atoms. The molecule has 0 N–H and O–H groups in total. The lowest BCUT2D eigenvalue weighted by Crippen LogP contribution is -1.75. The lowest BCUT2D eigenvalue weighted by molar-refractivity contribution is 1.76. The van der Waals surface area contributed by atoms with Gasteiger partial charge in [0.1, 0.15) is 0 Å². The summed E-state index contributed by atoms with van der Waals surface area (Å²) in [5, 5.41) is 3.82. The number of hydrogen-bond acceptors (Lipinski definition) is 0. The maximum Gasteiger partial charge on any atom is 0.0629 e. The number of benzene rings is 3. The minimum absolute atomic E-state index is 0.314. The zero-order valence-electron chi connectivity index (χ0n) is 9.62. The molecule has 14 heavy (non-hydrogen) atoms. The van der Waals surface area contributed by atoms with E-state index in [9.17, 15) is 0 Å². The topological polar surface area (TPSA) is 0 Å². The van der Waals surface area contributed by atoms with E-state index in [-0.39, 0.29) is 0 Å². The number of hydrogen-bond donors (Lipinski definition) is 0. The van der Waals surface area contributed by atoms with Crippen LogP contribution >= 0.6 is 0 Å². The van der Waals surface area contributed by atoms with Crippen molar-refractivity contribution in [3.63, 3.8) is 0 Å². The number of fused-ring (bicyclic) bond motifs is 3. The Bertz CT molecular complexity index is 626. The maximum absolute atomic E-state index is 7.98. The van der Waals surface area contributed by atoms with Crippen LogP contribution in [0.3, 0.4) is 0 Å². The normalized spacial score (nSPS) is 12.9. The molecule has 0 saturated heterocycles. The summed E-state index contributed by atoms with van der Waals surface area (Å²) in [5.74, 6) is 0. The number of rotatable bonds is 0. The van der Waals surface area contributed by atoms with Crippen LogP contribution in [0.1, 0.15) is 2.74 Å². The van der Waals surface area contributed by atoms with Crippen molar-refractivity contribution in [2.75, 3.05) is 0 Å². The average molecular weight is 180 g/mol. The minimum Gasteiger partial charge on any atom is -0.0616 e.